The Morgan fingerprint density at radius 2 is 1.51 bits per heavy atom. The molecular weight excluding hydrogens is 458 g/mol. The monoisotopic (exact) mass is 485 g/mol. The Hall–Kier alpha value is -3.64. The molecule has 4 aromatic rings. The lowest BCUT2D eigenvalue weighted by atomic mass is 10.0. The van der Waals surface area contributed by atoms with E-state index in [1.807, 2.05) is 79.7 Å². The van der Waals surface area contributed by atoms with Crippen molar-refractivity contribution in [3.8, 4) is 0 Å². The van der Waals surface area contributed by atoms with E-state index in [0.29, 0.717) is 11.3 Å². The molecule has 0 fully saturated rings. The van der Waals surface area contributed by atoms with Gasteiger partial charge in [-0.3, -0.25) is 4.79 Å². The SMILES string of the molecule is CCC/C(=N\OC(C)=O)c1ccc(Sc2ccc(C(=O)c3oc4ccccc4c3CC)cc2)cc1. The van der Waals surface area contributed by atoms with Crippen LogP contribution in [0.25, 0.3) is 11.0 Å². The predicted octanol–water partition coefficient (Wildman–Crippen LogP) is 7.44. The Kier molecular flexibility index (Phi) is 7.83. The fourth-order valence-corrected chi connectivity index (χ4v) is 4.71. The number of ketones is 1. The molecule has 5 nitrogen and oxygen atoms in total. The third-order valence-corrected chi connectivity index (χ3v) is 6.58. The molecule has 178 valence electrons. The van der Waals surface area contributed by atoms with E-state index in [9.17, 15) is 9.59 Å². The minimum Gasteiger partial charge on any atom is -0.452 e. The minimum atomic E-state index is -0.432. The second kappa shape index (κ2) is 11.2. The number of furan rings is 1. The van der Waals surface area contributed by atoms with Crippen LogP contribution in [0.5, 0.6) is 0 Å². The van der Waals surface area contributed by atoms with Crippen LogP contribution in [0.1, 0.15) is 60.9 Å². The number of aryl methyl sites for hydroxylation is 1. The molecule has 0 N–H and O–H groups in total. The van der Waals surface area contributed by atoms with Crippen LogP contribution in [0, 0.1) is 0 Å². The highest BCUT2D eigenvalue weighted by Gasteiger charge is 2.20. The van der Waals surface area contributed by atoms with Crippen LogP contribution in [0.3, 0.4) is 0 Å². The number of fused-ring (bicyclic) bond motifs is 1. The first kappa shape index (κ1) is 24.5. The quantitative estimate of drug-likeness (QED) is 0.107. The molecule has 3 aromatic carbocycles. The molecule has 0 radical (unpaired) electrons. The molecule has 0 saturated carbocycles. The summed E-state index contributed by atoms with van der Waals surface area (Å²) in [6.07, 6.45) is 2.35. The molecule has 0 bridgehead atoms. The van der Waals surface area contributed by atoms with E-state index < -0.39 is 5.97 Å². The van der Waals surface area contributed by atoms with Crippen molar-refractivity contribution in [2.75, 3.05) is 0 Å². The Balaban J connectivity index is 1.48. The summed E-state index contributed by atoms with van der Waals surface area (Å²) in [6, 6.07) is 23.3. The zero-order valence-electron chi connectivity index (χ0n) is 20.0. The van der Waals surface area contributed by atoms with E-state index in [2.05, 4.69) is 12.1 Å². The van der Waals surface area contributed by atoms with Gasteiger partial charge in [0.15, 0.2) is 5.76 Å². The van der Waals surface area contributed by atoms with Gasteiger partial charge in [0.1, 0.15) is 5.58 Å². The zero-order chi connectivity index (χ0) is 24.8. The van der Waals surface area contributed by atoms with Crippen LogP contribution < -0.4 is 0 Å². The largest absolute Gasteiger partial charge is 0.452 e. The second-order valence-electron chi connectivity index (χ2n) is 8.11. The highest BCUT2D eigenvalue weighted by molar-refractivity contribution is 7.99. The topological polar surface area (TPSA) is 68.9 Å². The number of benzene rings is 3. The van der Waals surface area contributed by atoms with Crippen molar-refractivity contribution in [2.24, 2.45) is 5.16 Å². The Morgan fingerprint density at radius 3 is 2.11 bits per heavy atom. The summed E-state index contributed by atoms with van der Waals surface area (Å²) in [7, 11) is 0. The van der Waals surface area contributed by atoms with Gasteiger partial charge >= 0.3 is 5.97 Å². The van der Waals surface area contributed by atoms with E-state index in [4.69, 9.17) is 9.25 Å². The van der Waals surface area contributed by atoms with Crippen LogP contribution >= 0.6 is 11.8 Å². The summed E-state index contributed by atoms with van der Waals surface area (Å²) < 4.78 is 5.92. The molecule has 6 heteroatoms. The van der Waals surface area contributed by atoms with Crippen LogP contribution in [-0.2, 0) is 16.1 Å². The highest BCUT2D eigenvalue weighted by atomic mass is 32.2. The Morgan fingerprint density at radius 1 is 0.886 bits per heavy atom. The number of hydrogen-bond donors (Lipinski definition) is 0. The van der Waals surface area contributed by atoms with Gasteiger partial charge in [-0.25, -0.2) is 4.79 Å². The van der Waals surface area contributed by atoms with Gasteiger partial charge in [-0.15, -0.1) is 0 Å². The van der Waals surface area contributed by atoms with Gasteiger partial charge in [0.2, 0.25) is 5.78 Å². The Bertz CT molecular complexity index is 1370. The normalized spacial score (nSPS) is 11.6. The predicted molar refractivity (Wildman–Crippen MR) is 139 cm³/mol. The van der Waals surface area contributed by atoms with Gasteiger partial charge < -0.3 is 9.25 Å². The maximum absolute atomic E-state index is 13.2. The lowest BCUT2D eigenvalue weighted by Crippen LogP contribution is -2.03. The smallest absolute Gasteiger partial charge is 0.331 e. The van der Waals surface area contributed by atoms with Crippen molar-refractivity contribution in [3.05, 3.63) is 95.2 Å². The van der Waals surface area contributed by atoms with Gasteiger partial charge in [-0.1, -0.05) is 67.5 Å². The fourth-order valence-electron chi connectivity index (χ4n) is 3.89. The van der Waals surface area contributed by atoms with Gasteiger partial charge in [0.25, 0.3) is 0 Å². The lowest BCUT2D eigenvalue weighted by molar-refractivity contribution is -0.140. The summed E-state index contributed by atoms with van der Waals surface area (Å²) >= 11 is 1.61. The first-order valence-corrected chi connectivity index (χ1v) is 12.5. The molecule has 35 heavy (non-hydrogen) atoms. The molecule has 0 amide bonds. The maximum Gasteiger partial charge on any atom is 0.331 e. The number of hydrogen-bond acceptors (Lipinski definition) is 6. The van der Waals surface area contributed by atoms with Crippen LogP contribution in [0.15, 0.2) is 92.2 Å². The average Bonchev–Trinajstić information content (AvgIpc) is 3.26. The third-order valence-electron chi connectivity index (χ3n) is 5.57. The van der Waals surface area contributed by atoms with Crippen LogP contribution in [0.2, 0.25) is 0 Å². The summed E-state index contributed by atoms with van der Waals surface area (Å²) in [5.74, 6) is -0.114. The molecule has 0 unspecified atom stereocenters. The molecular formula is C29H27NO4S. The minimum absolute atomic E-state index is 0.102. The van der Waals surface area contributed by atoms with E-state index >= 15 is 0 Å². The maximum atomic E-state index is 13.2. The first-order valence-electron chi connectivity index (χ1n) is 11.7. The zero-order valence-corrected chi connectivity index (χ0v) is 20.9. The fraction of sp³-hybridized carbons (Fsp3) is 0.207. The van der Waals surface area contributed by atoms with Crippen molar-refractivity contribution >= 4 is 40.2 Å². The summed E-state index contributed by atoms with van der Waals surface area (Å²) in [5.41, 5.74) is 3.96. The van der Waals surface area contributed by atoms with Crippen molar-refractivity contribution in [1.29, 1.82) is 0 Å². The van der Waals surface area contributed by atoms with Crippen LogP contribution in [0.4, 0.5) is 0 Å². The van der Waals surface area contributed by atoms with Gasteiger partial charge in [-0.05, 0) is 60.9 Å². The van der Waals surface area contributed by atoms with E-state index in [1.165, 1.54) is 6.92 Å². The molecule has 0 atom stereocenters. The number of nitrogens with zero attached hydrogens (tertiary/aromatic N) is 1. The molecule has 0 aliphatic heterocycles. The first-order chi connectivity index (χ1) is 17.0. The van der Waals surface area contributed by atoms with Crippen molar-refractivity contribution in [1.82, 2.24) is 0 Å². The number of carbonyl (C=O) groups excluding carboxylic acids is 2. The van der Waals surface area contributed by atoms with Crippen molar-refractivity contribution in [2.45, 2.75) is 49.8 Å². The summed E-state index contributed by atoms with van der Waals surface area (Å²) in [6.45, 7) is 5.43. The third kappa shape index (κ3) is 5.72. The molecule has 0 aliphatic carbocycles. The van der Waals surface area contributed by atoms with E-state index in [1.54, 1.807) is 11.8 Å². The molecule has 0 spiro atoms. The van der Waals surface area contributed by atoms with Crippen LogP contribution in [-0.4, -0.2) is 17.5 Å². The summed E-state index contributed by atoms with van der Waals surface area (Å²) in [5, 5.41) is 4.99. The molecule has 0 aliphatic rings. The summed E-state index contributed by atoms with van der Waals surface area (Å²) in [4.78, 5) is 31.2. The van der Waals surface area contributed by atoms with E-state index in [0.717, 1.165) is 56.9 Å². The molecule has 4 rings (SSSR count). The average molecular weight is 486 g/mol. The number of oxime groups is 1. The Labute approximate surface area is 209 Å². The molecule has 1 heterocycles. The number of para-hydroxylation sites is 1. The van der Waals surface area contributed by atoms with E-state index in [-0.39, 0.29) is 5.78 Å². The van der Waals surface area contributed by atoms with Gasteiger partial charge in [0, 0.05) is 33.2 Å². The van der Waals surface area contributed by atoms with Gasteiger partial charge in [-0.2, -0.15) is 0 Å². The lowest BCUT2D eigenvalue weighted by Gasteiger charge is -2.07. The van der Waals surface area contributed by atoms with Crippen molar-refractivity contribution in [3.63, 3.8) is 0 Å². The molecule has 0 saturated heterocycles. The second-order valence-corrected chi connectivity index (χ2v) is 9.26. The number of carbonyl (C=O) groups is 2. The standard InChI is InChI=1S/C29H27NO4S/c1-4-8-26(30-34-19(3)31)20-11-15-22(16-12-20)35-23-17-13-21(14-18-23)28(32)29-24(5-2)25-9-6-7-10-27(25)33-29/h6-7,9-18H,4-5,8H2,1-3H3/b30-26+. The van der Waals surface area contributed by atoms with Gasteiger partial charge in [0.05, 0.1) is 5.71 Å². The number of rotatable bonds is 9. The molecule has 1 aromatic heterocycles. The highest BCUT2D eigenvalue weighted by Crippen LogP contribution is 2.31. The van der Waals surface area contributed by atoms with Crippen molar-refractivity contribution < 1.29 is 18.8 Å².